The highest BCUT2D eigenvalue weighted by molar-refractivity contribution is 5.91. The molecule has 0 fully saturated rings. The smallest absolute Gasteiger partial charge is 0.369 e. The normalized spacial score (nSPS) is 11.7. The molecule has 0 aliphatic carbocycles. The second-order valence-corrected chi connectivity index (χ2v) is 6.33. The highest BCUT2D eigenvalue weighted by atomic mass is 17.5. The molecule has 24 heavy (non-hydrogen) atoms. The van der Waals surface area contributed by atoms with Crippen LogP contribution in [0.25, 0.3) is 0 Å². The van der Waals surface area contributed by atoms with Gasteiger partial charge < -0.3 is 4.74 Å². The fourth-order valence-electron chi connectivity index (χ4n) is 2.05. The first-order valence-electron chi connectivity index (χ1n) is 8.82. The van der Waals surface area contributed by atoms with E-state index in [2.05, 4.69) is 16.8 Å². The van der Waals surface area contributed by atoms with Gasteiger partial charge in [-0.1, -0.05) is 52.4 Å². The maximum atomic E-state index is 11.4. The number of carbonyl (C=O) groups excluding carboxylic acids is 2. The summed E-state index contributed by atoms with van der Waals surface area (Å²) in [5, 5.41) is 4.44. The Kier molecular flexibility index (Phi) is 13.2. The van der Waals surface area contributed by atoms with E-state index >= 15 is 0 Å². The van der Waals surface area contributed by atoms with E-state index in [4.69, 9.17) is 9.62 Å². The SMILES string of the molecule is CCCCCCCCOC(=O)/C=C/C(=O)OOOC(C)(C)CCC. The fourth-order valence-corrected chi connectivity index (χ4v) is 2.05. The van der Waals surface area contributed by atoms with E-state index in [1.807, 2.05) is 20.8 Å². The molecule has 0 radical (unpaired) electrons. The Labute approximate surface area is 145 Å². The van der Waals surface area contributed by atoms with Crippen LogP contribution in [0.2, 0.25) is 0 Å². The fraction of sp³-hybridized carbons (Fsp3) is 0.778. The van der Waals surface area contributed by atoms with Gasteiger partial charge in [-0.15, -0.1) is 0 Å². The van der Waals surface area contributed by atoms with Crippen LogP contribution in [0.15, 0.2) is 12.2 Å². The van der Waals surface area contributed by atoms with E-state index in [0.29, 0.717) is 6.61 Å². The van der Waals surface area contributed by atoms with Gasteiger partial charge in [-0.05, 0) is 31.7 Å². The van der Waals surface area contributed by atoms with Crippen molar-refractivity contribution in [2.75, 3.05) is 6.61 Å². The Hall–Kier alpha value is -1.40. The van der Waals surface area contributed by atoms with Crippen LogP contribution in [0.3, 0.4) is 0 Å². The van der Waals surface area contributed by atoms with Crippen molar-refractivity contribution in [3.8, 4) is 0 Å². The van der Waals surface area contributed by atoms with E-state index in [1.165, 1.54) is 19.3 Å². The summed E-state index contributed by atoms with van der Waals surface area (Å²) < 4.78 is 4.98. The number of ether oxygens (including phenoxy) is 1. The molecule has 0 bridgehead atoms. The summed E-state index contributed by atoms with van der Waals surface area (Å²) in [4.78, 5) is 32.1. The van der Waals surface area contributed by atoms with Crippen LogP contribution >= 0.6 is 0 Å². The lowest BCUT2D eigenvalue weighted by molar-refractivity contribution is -0.515. The Balaban J connectivity index is 3.72. The third-order valence-electron chi connectivity index (χ3n) is 3.33. The number of esters is 1. The number of hydrogen-bond donors (Lipinski definition) is 0. The first-order chi connectivity index (χ1) is 11.4. The van der Waals surface area contributed by atoms with Crippen molar-refractivity contribution in [3.05, 3.63) is 12.2 Å². The van der Waals surface area contributed by atoms with Gasteiger partial charge in [-0.25, -0.2) is 9.59 Å². The van der Waals surface area contributed by atoms with Crippen LogP contribution < -0.4 is 0 Å². The number of rotatable bonds is 14. The monoisotopic (exact) mass is 344 g/mol. The lowest BCUT2D eigenvalue weighted by Gasteiger charge is -2.20. The summed E-state index contributed by atoms with van der Waals surface area (Å²) in [6, 6.07) is 0. The second kappa shape index (κ2) is 14.0. The van der Waals surface area contributed by atoms with Crippen LogP contribution in [0.1, 0.15) is 79.1 Å². The van der Waals surface area contributed by atoms with Crippen molar-refractivity contribution >= 4 is 11.9 Å². The molecule has 6 nitrogen and oxygen atoms in total. The summed E-state index contributed by atoms with van der Waals surface area (Å²) in [6.07, 6.45) is 10.3. The van der Waals surface area contributed by atoms with Crippen molar-refractivity contribution in [2.24, 2.45) is 0 Å². The summed E-state index contributed by atoms with van der Waals surface area (Å²) in [5.74, 6) is -1.41. The van der Waals surface area contributed by atoms with Gasteiger partial charge in [0.25, 0.3) is 0 Å². The molecule has 140 valence electrons. The molecule has 0 spiro atoms. The van der Waals surface area contributed by atoms with Gasteiger partial charge in [0.05, 0.1) is 6.61 Å². The molecule has 0 aliphatic heterocycles. The van der Waals surface area contributed by atoms with E-state index in [-0.39, 0.29) is 0 Å². The van der Waals surface area contributed by atoms with Crippen LogP contribution in [0.5, 0.6) is 0 Å². The molecule has 0 amide bonds. The van der Waals surface area contributed by atoms with Crippen LogP contribution in [0, 0.1) is 0 Å². The van der Waals surface area contributed by atoms with Gasteiger partial charge in [0, 0.05) is 12.2 Å². The molecule has 0 aromatic heterocycles. The minimum Gasteiger partial charge on any atom is -0.463 e. The Bertz CT molecular complexity index is 376. The van der Waals surface area contributed by atoms with Crippen molar-refractivity contribution in [3.63, 3.8) is 0 Å². The third-order valence-corrected chi connectivity index (χ3v) is 3.33. The van der Waals surface area contributed by atoms with E-state index in [1.54, 1.807) is 0 Å². The van der Waals surface area contributed by atoms with Crippen molar-refractivity contribution in [1.29, 1.82) is 0 Å². The average molecular weight is 344 g/mol. The predicted molar refractivity (Wildman–Crippen MR) is 90.7 cm³/mol. The minimum absolute atomic E-state index is 0.356. The van der Waals surface area contributed by atoms with Crippen molar-refractivity contribution in [2.45, 2.75) is 84.7 Å². The molecular weight excluding hydrogens is 312 g/mol. The first-order valence-corrected chi connectivity index (χ1v) is 8.82. The maximum Gasteiger partial charge on any atom is 0.369 e. The first kappa shape index (κ1) is 22.6. The van der Waals surface area contributed by atoms with Crippen molar-refractivity contribution in [1.82, 2.24) is 0 Å². The molecule has 0 saturated carbocycles. The second-order valence-electron chi connectivity index (χ2n) is 6.33. The highest BCUT2D eigenvalue weighted by Gasteiger charge is 2.19. The standard InChI is InChI=1S/C18H32O6/c1-5-7-8-9-10-11-15-21-16(19)12-13-17(20)22-24-23-18(3,4)14-6-2/h12-13H,5-11,14-15H2,1-4H3/b13-12+. The topological polar surface area (TPSA) is 71.1 Å². The lowest BCUT2D eigenvalue weighted by Crippen LogP contribution is -2.24. The van der Waals surface area contributed by atoms with Crippen molar-refractivity contribution < 1.29 is 29.1 Å². The summed E-state index contributed by atoms with van der Waals surface area (Å²) in [7, 11) is 0. The average Bonchev–Trinajstić information content (AvgIpc) is 2.51. The Morgan fingerprint density at radius 2 is 1.50 bits per heavy atom. The summed E-state index contributed by atoms with van der Waals surface area (Å²) >= 11 is 0. The van der Waals surface area contributed by atoms with Gasteiger partial charge in [0.2, 0.25) is 0 Å². The molecule has 0 aromatic rings. The van der Waals surface area contributed by atoms with Gasteiger partial charge in [0.15, 0.2) is 0 Å². The van der Waals surface area contributed by atoms with E-state index < -0.39 is 17.5 Å². The molecule has 0 atom stereocenters. The zero-order valence-corrected chi connectivity index (χ0v) is 15.5. The largest absolute Gasteiger partial charge is 0.463 e. The van der Waals surface area contributed by atoms with Gasteiger partial charge in [0.1, 0.15) is 5.60 Å². The maximum absolute atomic E-state index is 11.4. The highest BCUT2D eigenvalue weighted by Crippen LogP contribution is 2.16. The minimum atomic E-state index is -0.834. The molecule has 0 unspecified atom stereocenters. The van der Waals surface area contributed by atoms with E-state index in [9.17, 15) is 9.59 Å². The number of hydrogen-bond acceptors (Lipinski definition) is 6. The molecule has 6 heteroatoms. The lowest BCUT2D eigenvalue weighted by atomic mass is 10.0. The third kappa shape index (κ3) is 14.2. The van der Waals surface area contributed by atoms with E-state index in [0.717, 1.165) is 44.3 Å². The summed E-state index contributed by atoms with van der Waals surface area (Å²) in [6.45, 7) is 8.17. The predicted octanol–water partition coefficient (Wildman–Crippen LogP) is 4.43. The zero-order chi connectivity index (χ0) is 18.3. The number of unbranched alkanes of at least 4 members (excludes halogenated alkanes) is 5. The molecule has 0 heterocycles. The molecule has 0 N–H and O–H groups in total. The van der Waals surface area contributed by atoms with Crippen LogP contribution in [0.4, 0.5) is 0 Å². The quantitative estimate of drug-likeness (QED) is 0.153. The molecule has 0 saturated heterocycles. The molecule has 0 aliphatic rings. The van der Waals surface area contributed by atoms with Gasteiger partial charge >= 0.3 is 11.9 Å². The summed E-state index contributed by atoms with van der Waals surface area (Å²) in [5.41, 5.74) is -0.547. The molecular formula is C18H32O6. The van der Waals surface area contributed by atoms with Crippen LogP contribution in [-0.2, 0) is 29.1 Å². The Morgan fingerprint density at radius 1 is 0.875 bits per heavy atom. The van der Waals surface area contributed by atoms with Gasteiger partial charge in [-0.2, -0.15) is 4.89 Å². The van der Waals surface area contributed by atoms with Gasteiger partial charge in [-0.3, -0.25) is 4.89 Å². The zero-order valence-electron chi connectivity index (χ0n) is 15.5. The molecule has 0 aromatic carbocycles. The Morgan fingerprint density at radius 3 is 2.17 bits per heavy atom. The molecule has 0 rings (SSSR count). The number of carbonyl (C=O) groups is 2. The van der Waals surface area contributed by atoms with Crippen LogP contribution in [-0.4, -0.2) is 24.1 Å².